The third-order valence-electron chi connectivity index (χ3n) is 2.58. The van der Waals surface area contributed by atoms with Crippen molar-refractivity contribution in [2.75, 3.05) is 20.2 Å². The number of carbonyl (C=O) groups is 1. The zero-order chi connectivity index (χ0) is 15.0. The van der Waals surface area contributed by atoms with Crippen molar-refractivity contribution in [1.82, 2.24) is 5.32 Å². The van der Waals surface area contributed by atoms with Gasteiger partial charge in [-0.3, -0.25) is 0 Å². The topological polar surface area (TPSA) is 87.1 Å². The maximum absolute atomic E-state index is 12.5. The SMILES string of the molecule is COC(=O)C(NCCN=[N+]=[N-])c1ccc(C(F)F)cc1. The van der Waals surface area contributed by atoms with Crippen molar-refractivity contribution in [2.45, 2.75) is 12.5 Å². The van der Waals surface area contributed by atoms with Crippen molar-refractivity contribution in [3.05, 3.63) is 45.8 Å². The number of esters is 1. The summed E-state index contributed by atoms with van der Waals surface area (Å²) in [5.41, 5.74) is 8.54. The smallest absolute Gasteiger partial charge is 0.327 e. The number of hydrogen-bond donors (Lipinski definition) is 1. The Bertz CT molecular complexity index is 487. The van der Waals surface area contributed by atoms with Crippen LogP contribution in [0, 0.1) is 0 Å². The summed E-state index contributed by atoms with van der Waals surface area (Å²) >= 11 is 0. The highest BCUT2D eigenvalue weighted by Crippen LogP contribution is 2.21. The fourth-order valence-electron chi connectivity index (χ4n) is 1.59. The summed E-state index contributed by atoms with van der Waals surface area (Å²) in [6.45, 7) is 0.430. The molecule has 1 atom stereocenters. The molecule has 0 heterocycles. The van der Waals surface area contributed by atoms with E-state index in [0.717, 1.165) is 0 Å². The standard InChI is InChI=1S/C12H14F2N4O2/c1-20-12(19)10(16-6-7-17-18-15)8-2-4-9(5-3-8)11(13)14/h2-5,10-11,16H,6-7H2,1H3. The molecule has 0 spiro atoms. The van der Waals surface area contributed by atoms with Gasteiger partial charge < -0.3 is 10.1 Å². The molecule has 0 aliphatic rings. The average molecular weight is 284 g/mol. The molecular weight excluding hydrogens is 270 g/mol. The third kappa shape index (κ3) is 4.49. The Morgan fingerprint density at radius 1 is 1.40 bits per heavy atom. The summed E-state index contributed by atoms with van der Waals surface area (Å²) in [5.74, 6) is -0.546. The van der Waals surface area contributed by atoms with Crippen LogP contribution in [0.4, 0.5) is 8.78 Å². The van der Waals surface area contributed by atoms with Gasteiger partial charge in [0.05, 0.1) is 7.11 Å². The lowest BCUT2D eigenvalue weighted by Crippen LogP contribution is -2.31. The molecule has 108 valence electrons. The van der Waals surface area contributed by atoms with E-state index in [2.05, 4.69) is 20.1 Å². The normalized spacial score (nSPS) is 11.8. The summed E-state index contributed by atoms with van der Waals surface area (Å²) in [4.78, 5) is 14.2. The number of ether oxygens (including phenoxy) is 1. The number of benzene rings is 1. The Hall–Kier alpha value is -2.18. The molecule has 1 unspecified atom stereocenters. The fourth-order valence-corrected chi connectivity index (χ4v) is 1.59. The highest BCUT2D eigenvalue weighted by Gasteiger charge is 2.20. The van der Waals surface area contributed by atoms with Crippen molar-refractivity contribution in [3.8, 4) is 0 Å². The molecule has 0 bridgehead atoms. The van der Waals surface area contributed by atoms with Gasteiger partial charge in [-0.25, -0.2) is 13.6 Å². The van der Waals surface area contributed by atoms with E-state index in [1.165, 1.54) is 31.4 Å². The van der Waals surface area contributed by atoms with Gasteiger partial charge in [-0.05, 0) is 11.1 Å². The van der Waals surface area contributed by atoms with Gasteiger partial charge in [-0.2, -0.15) is 0 Å². The number of methoxy groups -OCH3 is 1. The largest absolute Gasteiger partial charge is 0.468 e. The molecule has 1 rings (SSSR count). The molecule has 0 fully saturated rings. The van der Waals surface area contributed by atoms with E-state index in [9.17, 15) is 13.6 Å². The number of nitrogens with zero attached hydrogens (tertiary/aromatic N) is 3. The van der Waals surface area contributed by atoms with Crippen LogP contribution in [-0.4, -0.2) is 26.2 Å². The first-order valence-electron chi connectivity index (χ1n) is 5.80. The second kappa shape index (κ2) is 8.08. The number of rotatable bonds is 7. The highest BCUT2D eigenvalue weighted by molar-refractivity contribution is 5.77. The Labute approximate surface area is 114 Å². The molecule has 0 saturated heterocycles. The molecule has 0 aliphatic carbocycles. The lowest BCUT2D eigenvalue weighted by atomic mass is 10.0. The van der Waals surface area contributed by atoms with Crippen LogP contribution < -0.4 is 5.32 Å². The van der Waals surface area contributed by atoms with Crippen LogP contribution >= 0.6 is 0 Å². The lowest BCUT2D eigenvalue weighted by Gasteiger charge is -2.16. The first-order chi connectivity index (χ1) is 9.60. The highest BCUT2D eigenvalue weighted by atomic mass is 19.3. The van der Waals surface area contributed by atoms with Crippen molar-refractivity contribution >= 4 is 5.97 Å². The van der Waals surface area contributed by atoms with E-state index in [1.54, 1.807) is 0 Å². The van der Waals surface area contributed by atoms with Gasteiger partial charge in [0.2, 0.25) is 0 Å². The maximum Gasteiger partial charge on any atom is 0.327 e. The predicted molar refractivity (Wildman–Crippen MR) is 68.2 cm³/mol. The monoisotopic (exact) mass is 284 g/mol. The fraction of sp³-hybridized carbons (Fsp3) is 0.417. The van der Waals surface area contributed by atoms with E-state index in [4.69, 9.17) is 5.53 Å². The molecule has 1 N–H and O–H groups in total. The predicted octanol–water partition coefficient (Wildman–Crippen LogP) is 2.74. The zero-order valence-electron chi connectivity index (χ0n) is 10.8. The van der Waals surface area contributed by atoms with Crippen LogP contribution in [0.1, 0.15) is 23.6 Å². The molecule has 6 nitrogen and oxygen atoms in total. The second-order valence-electron chi connectivity index (χ2n) is 3.83. The Morgan fingerprint density at radius 3 is 2.50 bits per heavy atom. The zero-order valence-corrected chi connectivity index (χ0v) is 10.8. The van der Waals surface area contributed by atoms with Crippen molar-refractivity contribution < 1.29 is 18.3 Å². The quantitative estimate of drug-likeness (QED) is 0.274. The Kier molecular flexibility index (Phi) is 6.42. The summed E-state index contributed by atoms with van der Waals surface area (Å²) in [5, 5.41) is 6.17. The van der Waals surface area contributed by atoms with Gasteiger partial charge in [0.1, 0.15) is 6.04 Å². The van der Waals surface area contributed by atoms with E-state index in [1.807, 2.05) is 0 Å². The van der Waals surface area contributed by atoms with Crippen LogP contribution in [-0.2, 0) is 9.53 Å². The Morgan fingerprint density at radius 2 is 2.00 bits per heavy atom. The molecule has 0 aromatic heterocycles. The van der Waals surface area contributed by atoms with Crippen LogP contribution in [0.25, 0.3) is 10.4 Å². The molecule has 0 amide bonds. The van der Waals surface area contributed by atoms with Crippen LogP contribution in [0.2, 0.25) is 0 Å². The van der Waals surface area contributed by atoms with Gasteiger partial charge in [0.15, 0.2) is 0 Å². The van der Waals surface area contributed by atoms with Gasteiger partial charge in [0, 0.05) is 23.6 Å². The van der Waals surface area contributed by atoms with Crippen molar-refractivity contribution in [3.63, 3.8) is 0 Å². The number of nitrogens with one attached hydrogen (secondary N) is 1. The van der Waals surface area contributed by atoms with E-state index in [0.29, 0.717) is 5.56 Å². The van der Waals surface area contributed by atoms with E-state index in [-0.39, 0.29) is 18.7 Å². The molecule has 8 heteroatoms. The van der Waals surface area contributed by atoms with E-state index < -0.39 is 18.4 Å². The minimum absolute atomic E-state index is 0.119. The number of hydrogen-bond acceptors (Lipinski definition) is 4. The van der Waals surface area contributed by atoms with Gasteiger partial charge >= 0.3 is 5.97 Å². The molecule has 0 saturated carbocycles. The van der Waals surface area contributed by atoms with Crippen LogP contribution in [0.5, 0.6) is 0 Å². The molecule has 0 radical (unpaired) electrons. The maximum atomic E-state index is 12.5. The Balaban J connectivity index is 2.81. The van der Waals surface area contributed by atoms with Gasteiger partial charge in [0.25, 0.3) is 6.43 Å². The molecule has 1 aromatic rings. The van der Waals surface area contributed by atoms with Crippen LogP contribution in [0.15, 0.2) is 29.4 Å². The summed E-state index contributed by atoms with van der Waals surface area (Å²) in [6, 6.07) is 4.59. The third-order valence-corrected chi connectivity index (χ3v) is 2.58. The molecule has 20 heavy (non-hydrogen) atoms. The number of alkyl halides is 2. The second-order valence-corrected chi connectivity index (χ2v) is 3.83. The number of carbonyl (C=O) groups excluding carboxylic acids is 1. The molecular formula is C12H14F2N4O2. The average Bonchev–Trinajstić information content (AvgIpc) is 2.47. The van der Waals surface area contributed by atoms with E-state index >= 15 is 0 Å². The molecule has 1 aromatic carbocycles. The number of halogens is 2. The van der Waals surface area contributed by atoms with Gasteiger partial charge in [-0.15, -0.1) is 0 Å². The molecule has 0 aliphatic heterocycles. The first-order valence-corrected chi connectivity index (χ1v) is 5.80. The van der Waals surface area contributed by atoms with Crippen LogP contribution in [0.3, 0.4) is 0 Å². The first kappa shape index (κ1) is 15.9. The van der Waals surface area contributed by atoms with Crippen molar-refractivity contribution in [2.24, 2.45) is 5.11 Å². The summed E-state index contributed by atoms with van der Waals surface area (Å²) in [7, 11) is 1.23. The summed E-state index contributed by atoms with van der Waals surface area (Å²) < 4.78 is 29.6. The van der Waals surface area contributed by atoms with Gasteiger partial charge in [-0.1, -0.05) is 29.4 Å². The summed E-state index contributed by atoms with van der Waals surface area (Å²) in [6.07, 6.45) is -2.56. The minimum Gasteiger partial charge on any atom is -0.468 e. The number of azide groups is 1. The lowest BCUT2D eigenvalue weighted by molar-refractivity contribution is -0.143. The van der Waals surface area contributed by atoms with Crippen molar-refractivity contribution in [1.29, 1.82) is 0 Å². The minimum atomic E-state index is -2.56.